The van der Waals surface area contributed by atoms with Gasteiger partial charge in [0.1, 0.15) is 5.82 Å². The molecule has 0 radical (unpaired) electrons. The van der Waals surface area contributed by atoms with E-state index in [1.54, 1.807) is 0 Å². The monoisotopic (exact) mass is 279 g/mol. The maximum absolute atomic E-state index is 9.72. The summed E-state index contributed by atoms with van der Waals surface area (Å²) in [6, 6.07) is 0.683. The summed E-state index contributed by atoms with van der Waals surface area (Å²) in [6.45, 7) is 6.86. The van der Waals surface area contributed by atoms with Crippen molar-refractivity contribution in [1.82, 2.24) is 14.5 Å². The summed E-state index contributed by atoms with van der Waals surface area (Å²) in [5.74, 6) is 1.09. The number of hydrogen-bond acceptors (Lipinski definition) is 3. The molecule has 114 valence electrons. The molecule has 0 aromatic carbocycles. The SMILES string of the molecule is Cc1nccn1CCCN(CC(C)O)C1CCCCC1. The van der Waals surface area contributed by atoms with Crippen molar-refractivity contribution in [3.63, 3.8) is 0 Å². The maximum atomic E-state index is 9.72. The van der Waals surface area contributed by atoms with Crippen LogP contribution in [0.1, 0.15) is 51.3 Å². The van der Waals surface area contributed by atoms with Crippen molar-refractivity contribution in [3.8, 4) is 0 Å². The molecule has 1 aliphatic carbocycles. The van der Waals surface area contributed by atoms with Gasteiger partial charge in [-0.05, 0) is 33.1 Å². The van der Waals surface area contributed by atoms with Crippen LogP contribution in [0.4, 0.5) is 0 Å². The molecule has 0 spiro atoms. The van der Waals surface area contributed by atoms with E-state index in [9.17, 15) is 5.11 Å². The number of aliphatic hydroxyl groups is 1. The summed E-state index contributed by atoms with van der Waals surface area (Å²) in [6.07, 6.45) is 11.5. The topological polar surface area (TPSA) is 41.3 Å². The first-order chi connectivity index (χ1) is 9.66. The molecule has 0 aliphatic heterocycles. The lowest BCUT2D eigenvalue weighted by atomic mass is 9.94. The Morgan fingerprint density at radius 1 is 1.40 bits per heavy atom. The lowest BCUT2D eigenvalue weighted by Gasteiger charge is -2.35. The third kappa shape index (κ3) is 4.60. The quantitative estimate of drug-likeness (QED) is 0.834. The lowest BCUT2D eigenvalue weighted by Crippen LogP contribution is -2.41. The van der Waals surface area contributed by atoms with E-state index in [0.29, 0.717) is 6.04 Å². The van der Waals surface area contributed by atoms with Crippen molar-refractivity contribution < 1.29 is 5.11 Å². The fourth-order valence-electron chi connectivity index (χ4n) is 3.29. The number of imidazole rings is 1. The van der Waals surface area contributed by atoms with Gasteiger partial charge in [0.25, 0.3) is 0 Å². The van der Waals surface area contributed by atoms with Gasteiger partial charge in [0, 0.05) is 38.1 Å². The fourth-order valence-corrected chi connectivity index (χ4v) is 3.29. The van der Waals surface area contributed by atoms with Crippen molar-refractivity contribution in [2.75, 3.05) is 13.1 Å². The molecule has 0 bridgehead atoms. The average Bonchev–Trinajstić information content (AvgIpc) is 2.84. The molecular formula is C16H29N3O. The lowest BCUT2D eigenvalue weighted by molar-refractivity contribution is 0.0805. The molecule has 0 amide bonds. The van der Waals surface area contributed by atoms with E-state index < -0.39 is 0 Å². The zero-order valence-electron chi connectivity index (χ0n) is 13.0. The minimum absolute atomic E-state index is 0.230. The normalized spacial score (nSPS) is 18.6. The Kier molecular flexibility index (Phi) is 6.05. The molecule has 1 atom stereocenters. The van der Waals surface area contributed by atoms with Gasteiger partial charge in [0.15, 0.2) is 0 Å². The number of hydrogen-bond donors (Lipinski definition) is 1. The predicted octanol–water partition coefficient (Wildman–Crippen LogP) is 2.60. The summed E-state index contributed by atoms with van der Waals surface area (Å²) in [5, 5.41) is 9.72. The Morgan fingerprint density at radius 2 is 2.15 bits per heavy atom. The van der Waals surface area contributed by atoms with Gasteiger partial charge in [-0.3, -0.25) is 4.90 Å². The van der Waals surface area contributed by atoms with Crippen LogP contribution in [0.15, 0.2) is 12.4 Å². The largest absolute Gasteiger partial charge is 0.392 e. The summed E-state index contributed by atoms with van der Waals surface area (Å²) < 4.78 is 2.21. The molecule has 1 aliphatic rings. The van der Waals surface area contributed by atoms with Crippen LogP contribution < -0.4 is 0 Å². The van der Waals surface area contributed by atoms with Gasteiger partial charge in [-0.1, -0.05) is 19.3 Å². The Hall–Kier alpha value is -0.870. The number of aryl methyl sites for hydroxylation is 2. The van der Waals surface area contributed by atoms with Crippen molar-refractivity contribution in [2.24, 2.45) is 0 Å². The van der Waals surface area contributed by atoms with Crippen LogP contribution in [0.5, 0.6) is 0 Å². The molecule has 1 fully saturated rings. The van der Waals surface area contributed by atoms with Crippen molar-refractivity contribution in [1.29, 1.82) is 0 Å². The van der Waals surface area contributed by atoms with E-state index in [1.165, 1.54) is 32.1 Å². The number of aromatic nitrogens is 2. The highest BCUT2D eigenvalue weighted by molar-refractivity contribution is 4.88. The average molecular weight is 279 g/mol. The summed E-state index contributed by atoms with van der Waals surface area (Å²) >= 11 is 0. The minimum Gasteiger partial charge on any atom is -0.392 e. The van der Waals surface area contributed by atoms with Crippen LogP contribution in [0.3, 0.4) is 0 Å². The van der Waals surface area contributed by atoms with Gasteiger partial charge in [0.05, 0.1) is 6.10 Å². The Labute approximate surface area is 122 Å². The number of nitrogens with zero attached hydrogens (tertiary/aromatic N) is 3. The van der Waals surface area contributed by atoms with Crippen LogP contribution in [0, 0.1) is 6.92 Å². The maximum Gasteiger partial charge on any atom is 0.105 e. The van der Waals surface area contributed by atoms with E-state index in [0.717, 1.165) is 31.9 Å². The Morgan fingerprint density at radius 3 is 2.75 bits per heavy atom. The first-order valence-electron chi connectivity index (χ1n) is 8.06. The molecule has 1 unspecified atom stereocenters. The van der Waals surface area contributed by atoms with Gasteiger partial charge >= 0.3 is 0 Å². The second-order valence-corrected chi connectivity index (χ2v) is 6.16. The second-order valence-electron chi connectivity index (χ2n) is 6.16. The third-order valence-electron chi connectivity index (χ3n) is 4.36. The zero-order valence-corrected chi connectivity index (χ0v) is 13.0. The highest BCUT2D eigenvalue weighted by Crippen LogP contribution is 2.23. The summed E-state index contributed by atoms with van der Waals surface area (Å²) in [4.78, 5) is 6.77. The minimum atomic E-state index is -0.230. The molecule has 1 saturated carbocycles. The molecule has 1 aromatic heterocycles. The van der Waals surface area contributed by atoms with E-state index in [4.69, 9.17) is 0 Å². The van der Waals surface area contributed by atoms with Crippen LogP contribution >= 0.6 is 0 Å². The third-order valence-corrected chi connectivity index (χ3v) is 4.36. The number of rotatable bonds is 7. The molecule has 4 nitrogen and oxygen atoms in total. The molecule has 2 rings (SSSR count). The smallest absolute Gasteiger partial charge is 0.105 e. The van der Waals surface area contributed by atoms with Crippen molar-refractivity contribution in [3.05, 3.63) is 18.2 Å². The van der Waals surface area contributed by atoms with E-state index in [1.807, 2.05) is 13.1 Å². The van der Waals surface area contributed by atoms with Crippen LogP contribution in [0.2, 0.25) is 0 Å². The van der Waals surface area contributed by atoms with Crippen molar-refractivity contribution in [2.45, 2.75) is 71.1 Å². The van der Waals surface area contributed by atoms with E-state index in [2.05, 4.69) is 27.6 Å². The zero-order chi connectivity index (χ0) is 14.4. The highest BCUT2D eigenvalue weighted by atomic mass is 16.3. The van der Waals surface area contributed by atoms with E-state index in [-0.39, 0.29) is 6.10 Å². The van der Waals surface area contributed by atoms with Gasteiger partial charge in [0.2, 0.25) is 0 Å². The highest BCUT2D eigenvalue weighted by Gasteiger charge is 2.21. The number of aliphatic hydroxyl groups excluding tert-OH is 1. The fraction of sp³-hybridized carbons (Fsp3) is 0.812. The molecule has 4 heteroatoms. The first-order valence-corrected chi connectivity index (χ1v) is 8.06. The Balaban J connectivity index is 1.82. The molecule has 0 saturated heterocycles. The predicted molar refractivity (Wildman–Crippen MR) is 81.7 cm³/mol. The van der Waals surface area contributed by atoms with Gasteiger partial charge < -0.3 is 9.67 Å². The van der Waals surface area contributed by atoms with Gasteiger partial charge in [-0.15, -0.1) is 0 Å². The summed E-state index contributed by atoms with van der Waals surface area (Å²) in [5.41, 5.74) is 0. The van der Waals surface area contributed by atoms with Gasteiger partial charge in [-0.25, -0.2) is 4.98 Å². The summed E-state index contributed by atoms with van der Waals surface area (Å²) in [7, 11) is 0. The van der Waals surface area contributed by atoms with E-state index >= 15 is 0 Å². The molecule has 1 N–H and O–H groups in total. The molecular weight excluding hydrogens is 250 g/mol. The molecule has 1 aromatic rings. The second kappa shape index (κ2) is 7.79. The van der Waals surface area contributed by atoms with Crippen LogP contribution in [-0.2, 0) is 6.54 Å². The molecule has 1 heterocycles. The standard InChI is InChI=1S/C16H29N3O/c1-14(20)13-19(16-7-4-3-5-8-16)11-6-10-18-12-9-17-15(18)2/h9,12,14,16,20H,3-8,10-11,13H2,1-2H3. The molecule has 20 heavy (non-hydrogen) atoms. The first kappa shape index (κ1) is 15.5. The van der Waals surface area contributed by atoms with Crippen LogP contribution in [-0.4, -0.2) is 44.8 Å². The van der Waals surface area contributed by atoms with Crippen LogP contribution in [0.25, 0.3) is 0 Å². The Bertz CT molecular complexity index is 383. The van der Waals surface area contributed by atoms with Gasteiger partial charge in [-0.2, -0.15) is 0 Å². The van der Waals surface area contributed by atoms with Crippen molar-refractivity contribution >= 4 is 0 Å².